The number of aromatic nitrogens is 3. The topological polar surface area (TPSA) is 54.3 Å². The van der Waals surface area contributed by atoms with Gasteiger partial charge >= 0.3 is 0 Å². The van der Waals surface area contributed by atoms with Gasteiger partial charge in [-0.25, -0.2) is 4.39 Å². The van der Waals surface area contributed by atoms with Crippen LogP contribution in [0.4, 0.5) is 4.39 Å². The lowest BCUT2D eigenvalue weighted by atomic mass is 10.1. The lowest BCUT2D eigenvalue weighted by Gasteiger charge is -2.23. The smallest absolute Gasteiger partial charge is 0.246 e. The van der Waals surface area contributed by atoms with E-state index < -0.39 is 0 Å². The second-order valence-corrected chi connectivity index (χ2v) is 8.88. The summed E-state index contributed by atoms with van der Waals surface area (Å²) in [7, 11) is 3.94. The van der Waals surface area contributed by atoms with Gasteiger partial charge in [-0.3, -0.25) is 14.5 Å². The van der Waals surface area contributed by atoms with Crippen LogP contribution in [0.5, 0.6) is 0 Å². The van der Waals surface area contributed by atoms with Crippen molar-refractivity contribution in [2.45, 2.75) is 13.1 Å². The fourth-order valence-corrected chi connectivity index (χ4v) is 3.80. The second kappa shape index (κ2) is 12.0. The Hall–Kier alpha value is -4.10. The van der Waals surface area contributed by atoms with Gasteiger partial charge in [0, 0.05) is 55.4 Å². The molecule has 0 fully saturated rings. The van der Waals surface area contributed by atoms with E-state index in [0.29, 0.717) is 19.6 Å². The third kappa shape index (κ3) is 6.96. The van der Waals surface area contributed by atoms with E-state index in [9.17, 15) is 9.18 Å². The average molecular weight is 484 g/mol. The van der Waals surface area contributed by atoms with Gasteiger partial charge in [-0.15, -0.1) is 0 Å². The van der Waals surface area contributed by atoms with Crippen molar-refractivity contribution in [1.82, 2.24) is 24.6 Å². The number of carbonyl (C=O) groups is 1. The molecule has 36 heavy (non-hydrogen) atoms. The van der Waals surface area contributed by atoms with Gasteiger partial charge in [0.25, 0.3) is 0 Å². The van der Waals surface area contributed by atoms with Crippen molar-refractivity contribution in [3.05, 3.63) is 114 Å². The highest BCUT2D eigenvalue weighted by Crippen LogP contribution is 2.23. The first-order valence-corrected chi connectivity index (χ1v) is 11.9. The molecule has 4 rings (SSSR count). The molecule has 0 saturated heterocycles. The monoisotopic (exact) mass is 483 g/mol. The van der Waals surface area contributed by atoms with Crippen LogP contribution in [0.15, 0.2) is 91.4 Å². The highest BCUT2D eigenvalue weighted by Gasteiger charge is 2.14. The molecule has 0 aliphatic heterocycles. The number of hydrogen-bond acceptors (Lipinski definition) is 4. The number of hydrogen-bond donors (Lipinski definition) is 0. The van der Waals surface area contributed by atoms with Gasteiger partial charge in [-0.05, 0) is 55.6 Å². The van der Waals surface area contributed by atoms with Gasteiger partial charge in [0.15, 0.2) is 0 Å². The first-order chi connectivity index (χ1) is 17.5. The van der Waals surface area contributed by atoms with Crippen molar-refractivity contribution in [3.63, 3.8) is 0 Å². The van der Waals surface area contributed by atoms with Crippen LogP contribution in [0.2, 0.25) is 0 Å². The van der Waals surface area contributed by atoms with E-state index in [1.165, 1.54) is 12.1 Å². The van der Waals surface area contributed by atoms with Crippen LogP contribution in [0.1, 0.15) is 16.7 Å². The highest BCUT2D eigenvalue weighted by atomic mass is 19.1. The van der Waals surface area contributed by atoms with E-state index in [1.54, 1.807) is 35.5 Å². The number of benzene rings is 2. The van der Waals surface area contributed by atoms with Crippen LogP contribution in [-0.4, -0.2) is 57.7 Å². The summed E-state index contributed by atoms with van der Waals surface area (Å²) in [5, 5.41) is 4.79. The summed E-state index contributed by atoms with van der Waals surface area (Å²) >= 11 is 0. The summed E-state index contributed by atoms with van der Waals surface area (Å²) in [4.78, 5) is 21.3. The standard InChI is InChI=1S/C29H30FN5O/c1-33(2)17-18-34(20-24-10-13-27(30)14-11-24)28(36)15-12-26-22-35(21-23-7-4-3-5-8-23)32-29(26)25-9-6-16-31-19-25/h3-16,19,22H,17-18,20-21H2,1-2H3/b15-12+. The number of halogens is 1. The molecular weight excluding hydrogens is 453 g/mol. The van der Waals surface area contributed by atoms with Crippen LogP contribution < -0.4 is 0 Å². The van der Waals surface area contributed by atoms with Crippen molar-refractivity contribution >= 4 is 12.0 Å². The summed E-state index contributed by atoms with van der Waals surface area (Å²) in [6.45, 7) is 2.29. The molecule has 184 valence electrons. The molecule has 2 aromatic heterocycles. The predicted octanol–water partition coefficient (Wildman–Crippen LogP) is 4.74. The minimum Gasteiger partial charge on any atom is -0.334 e. The van der Waals surface area contributed by atoms with E-state index in [0.717, 1.165) is 34.5 Å². The van der Waals surface area contributed by atoms with E-state index in [1.807, 2.05) is 66.3 Å². The van der Waals surface area contributed by atoms with E-state index in [4.69, 9.17) is 5.10 Å². The van der Waals surface area contributed by atoms with Crippen molar-refractivity contribution in [1.29, 1.82) is 0 Å². The van der Waals surface area contributed by atoms with Crippen LogP contribution in [0.25, 0.3) is 17.3 Å². The molecule has 6 nitrogen and oxygen atoms in total. The number of pyridine rings is 1. The molecule has 2 heterocycles. The fourth-order valence-electron chi connectivity index (χ4n) is 3.80. The average Bonchev–Trinajstić information content (AvgIpc) is 3.29. The molecular formula is C29H30FN5O. The van der Waals surface area contributed by atoms with Gasteiger partial charge in [0.2, 0.25) is 5.91 Å². The number of carbonyl (C=O) groups excluding carboxylic acids is 1. The molecule has 0 saturated carbocycles. The van der Waals surface area contributed by atoms with Crippen LogP contribution in [-0.2, 0) is 17.9 Å². The Labute approximate surface area is 211 Å². The van der Waals surface area contributed by atoms with Crippen molar-refractivity contribution < 1.29 is 9.18 Å². The van der Waals surface area contributed by atoms with Gasteiger partial charge in [0.05, 0.1) is 6.54 Å². The molecule has 0 unspecified atom stereocenters. The number of nitrogens with zero attached hydrogens (tertiary/aromatic N) is 5. The Balaban J connectivity index is 1.58. The van der Waals surface area contributed by atoms with Crippen LogP contribution in [0.3, 0.4) is 0 Å². The zero-order valence-corrected chi connectivity index (χ0v) is 20.6. The number of rotatable bonds is 10. The van der Waals surface area contributed by atoms with Gasteiger partial charge in [-0.2, -0.15) is 5.10 Å². The van der Waals surface area contributed by atoms with Crippen LogP contribution in [0, 0.1) is 5.82 Å². The Morgan fingerprint density at radius 1 is 0.972 bits per heavy atom. The highest BCUT2D eigenvalue weighted by molar-refractivity contribution is 5.92. The molecule has 0 aliphatic carbocycles. The first kappa shape index (κ1) is 25.0. The van der Waals surface area contributed by atoms with E-state index >= 15 is 0 Å². The Kier molecular flexibility index (Phi) is 8.36. The van der Waals surface area contributed by atoms with Crippen molar-refractivity contribution in [2.75, 3.05) is 27.2 Å². The maximum Gasteiger partial charge on any atom is 0.246 e. The Bertz CT molecular complexity index is 1280. The quantitative estimate of drug-likeness (QED) is 0.306. The van der Waals surface area contributed by atoms with E-state index in [-0.39, 0.29) is 11.7 Å². The molecule has 0 atom stereocenters. The zero-order chi connectivity index (χ0) is 25.3. The largest absolute Gasteiger partial charge is 0.334 e. The Morgan fingerprint density at radius 2 is 1.75 bits per heavy atom. The molecule has 0 radical (unpaired) electrons. The van der Waals surface area contributed by atoms with Crippen molar-refractivity contribution in [3.8, 4) is 11.3 Å². The summed E-state index contributed by atoms with van der Waals surface area (Å²) in [5.41, 5.74) is 4.50. The predicted molar refractivity (Wildman–Crippen MR) is 140 cm³/mol. The molecule has 0 N–H and O–H groups in total. The first-order valence-electron chi connectivity index (χ1n) is 11.9. The third-order valence-electron chi connectivity index (χ3n) is 5.73. The third-order valence-corrected chi connectivity index (χ3v) is 5.73. The van der Waals surface area contributed by atoms with Gasteiger partial charge < -0.3 is 9.80 Å². The maximum atomic E-state index is 13.4. The zero-order valence-electron chi connectivity index (χ0n) is 20.6. The second-order valence-electron chi connectivity index (χ2n) is 8.88. The SMILES string of the molecule is CN(C)CCN(Cc1ccc(F)cc1)C(=O)/C=C/c1cn(Cc2ccccc2)nc1-c1cccnc1. The summed E-state index contributed by atoms with van der Waals surface area (Å²) in [6, 6.07) is 20.2. The van der Waals surface area contributed by atoms with Gasteiger partial charge in [-0.1, -0.05) is 42.5 Å². The van der Waals surface area contributed by atoms with E-state index in [2.05, 4.69) is 17.1 Å². The number of likely N-dealkylation sites (N-methyl/N-ethyl adjacent to an activating group) is 1. The summed E-state index contributed by atoms with van der Waals surface area (Å²) in [5.74, 6) is -0.408. The lowest BCUT2D eigenvalue weighted by Crippen LogP contribution is -2.35. The van der Waals surface area contributed by atoms with Crippen LogP contribution >= 0.6 is 0 Å². The molecule has 4 aromatic rings. The summed E-state index contributed by atoms with van der Waals surface area (Å²) in [6.07, 6.45) is 8.84. The minimum atomic E-state index is -0.291. The van der Waals surface area contributed by atoms with Gasteiger partial charge in [0.1, 0.15) is 11.5 Å². The maximum absolute atomic E-state index is 13.4. The summed E-state index contributed by atoms with van der Waals surface area (Å²) < 4.78 is 15.2. The molecule has 1 amide bonds. The molecule has 0 aliphatic rings. The lowest BCUT2D eigenvalue weighted by molar-refractivity contribution is -0.126. The fraction of sp³-hybridized carbons (Fsp3) is 0.207. The van der Waals surface area contributed by atoms with Crippen molar-refractivity contribution in [2.24, 2.45) is 0 Å². The Morgan fingerprint density at radius 3 is 2.44 bits per heavy atom. The molecule has 0 bridgehead atoms. The molecule has 7 heteroatoms. The minimum absolute atomic E-state index is 0.117. The molecule has 2 aromatic carbocycles. The normalized spacial score (nSPS) is 11.3. The number of amides is 1. The molecule has 0 spiro atoms.